The number of hydrogen-bond acceptors (Lipinski definition) is 5. The molecule has 108 valence electrons. The smallest absolute Gasteiger partial charge is 0.211 e. The molecule has 0 saturated heterocycles. The van der Waals surface area contributed by atoms with Gasteiger partial charge in [0.25, 0.3) is 0 Å². The van der Waals surface area contributed by atoms with Crippen LogP contribution in [0.2, 0.25) is 0 Å². The third-order valence-electron chi connectivity index (χ3n) is 3.42. The van der Waals surface area contributed by atoms with Gasteiger partial charge < -0.3 is 0 Å². The summed E-state index contributed by atoms with van der Waals surface area (Å²) in [6, 6.07) is 12.0. The molecule has 0 N–H and O–H groups in total. The molecule has 0 fully saturated rings. The Morgan fingerprint density at radius 2 is 1.48 bits per heavy atom. The number of aliphatic imine (C=N–C) groups is 2. The van der Waals surface area contributed by atoms with E-state index in [1.807, 2.05) is 30.3 Å². The number of isocyanates is 2. The first kappa shape index (κ1) is 16.5. The average molecular weight is 283 g/mol. The monoisotopic (exact) mass is 283 g/mol. The van der Waals surface area contributed by atoms with Gasteiger partial charge in [0, 0.05) is 0 Å². The molecule has 1 rings (SSSR count). The van der Waals surface area contributed by atoms with Crippen molar-refractivity contribution in [2.45, 2.75) is 31.1 Å². The van der Waals surface area contributed by atoms with Gasteiger partial charge in [0.05, 0.1) is 24.6 Å². The summed E-state index contributed by atoms with van der Waals surface area (Å²) in [5, 5.41) is 9.68. The summed E-state index contributed by atoms with van der Waals surface area (Å²) in [6.07, 6.45) is 5.48. The molecule has 0 aliphatic rings. The average Bonchev–Trinajstić information content (AvgIpc) is 2.54. The molecule has 0 unspecified atom stereocenters. The van der Waals surface area contributed by atoms with Crippen LogP contribution in [0.3, 0.4) is 0 Å². The summed E-state index contributed by atoms with van der Waals surface area (Å²) in [4.78, 5) is 27.3. The molecule has 1 aromatic rings. The van der Waals surface area contributed by atoms with E-state index in [2.05, 4.69) is 16.1 Å². The van der Waals surface area contributed by atoms with Crippen molar-refractivity contribution < 1.29 is 9.59 Å². The zero-order valence-electron chi connectivity index (χ0n) is 11.8. The maximum absolute atomic E-state index is 10.1. The Morgan fingerprint density at radius 1 is 0.952 bits per heavy atom. The third-order valence-corrected chi connectivity index (χ3v) is 3.42. The fourth-order valence-electron chi connectivity index (χ4n) is 2.36. The van der Waals surface area contributed by atoms with Crippen LogP contribution in [-0.2, 0) is 15.0 Å². The molecule has 21 heavy (non-hydrogen) atoms. The lowest BCUT2D eigenvalue weighted by Crippen LogP contribution is -2.25. The molecular weight excluding hydrogens is 266 g/mol. The highest BCUT2D eigenvalue weighted by Gasteiger charge is 2.31. The molecule has 0 heterocycles. The molecule has 0 aromatic heterocycles. The van der Waals surface area contributed by atoms with E-state index in [0.29, 0.717) is 38.8 Å². The molecule has 0 atom stereocenters. The Bertz CT molecular complexity index is 541. The van der Waals surface area contributed by atoms with Gasteiger partial charge in [-0.2, -0.15) is 5.26 Å². The van der Waals surface area contributed by atoms with Gasteiger partial charge in [-0.1, -0.05) is 30.3 Å². The minimum Gasteiger partial charge on any atom is -0.211 e. The zero-order chi connectivity index (χ0) is 15.4. The molecule has 5 heteroatoms. The Hall–Kier alpha value is -2.53. The van der Waals surface area contributed by atoms with Crippen LogP contribution in [0.15, 0.2) is 40.3 Å². The van der Waals surface area contributed by atoms with Crippen LogP contribution >= 0.6 is 0 Å². The van der Waals surface area contributed by atoms with Crippen molar-refractivity contribution in [3.8, 4) is 6.07 Å². The van der Waals surface area contributed by atoms with Crippen LogP contribution in [-0.4, -0.2) is 25.2 Å². The molecule has 0 saturated carbocycles. The van der Waals surface area contributed by atoms with Gasteiger partial charge in [-0.05, 0) is 31.2 Å². The van der Waals surface area contributed by atoms with Crippen molar-refractivity contribution in [2.75, 3.05) is 13.1 Å². The summed E-state index contributed by atoms with van der Waals surface area (Å²) >= 11 is 0. The van der Waals surface area contributed by atoms with Crippen LogP contribution in [0.25, 0.3) is 0 Å². The Labute approximate surface area is 124 Å². The first-order valence-electron chi connectivity index (χ1n) is 6.83. The molecule has 0 aliphatic heterocycles. The van der Waals surface area contributed by atoms with Gasteiger partial charge in [0.2, 0.25) is 12.2 Å². The van der Waals surface area contributed by atoms with Crippen molar-refractivity contribution in [1.29, 1.82) is 5.26 Å². The summed E-state index contributed by atoms with van der Waals surface area (Å²) in [5.41, 5.74) is 0.301. The molecule has 0 amide bonds. The van der Waals surface area contributed by atoms with Gasteiger partial charge in [-0.3, -0.25) is 0 Å². The predicted molar refractivity (Wildman–Crippen MR) is 78.2 cm³/mol. The van der Waals surface area contributed by atoms with Gasteiger partial charge in [-0.15, -0.1) is 0 Å². The molecular formula is C16H17N3O2. The highest BCUT2D eigenvalue weighted by molar-refractivity contribution is 5.34. The van der Waals surface area contributed by atoms with E-state index < -0.39 is 5.41 Å². The highest BCUT2D eigenvalue weighted by Crippen LogP contribution is 2.33. The quantitative estimate of drug-likeness (QED) is 0.397. The Balaban J connectivity index is 2.87. The largest absolute Gasteiger partial charge is 0.234 e. The number of rotatable bonds is 9. The van der Waals surface area contributed by atoms with E-state index in [1.54, 1.807) is 0 Å². The fourth-order valence-corrected chi connectivity index (χ4v) is 2.36. The maximum atomic E-state index is 10.1. The van der Waals surface area contributed by atoms with Gasteiger partial charge >= 0.3 is 0 Å². The van der Waals surface area contributed by atoms with E-state index in [1.165, 1.54) is 12.2 Å². The first-order valence-corrected chi connectivity index (χ1v) is 6.83. The molecule has 0 radical (unpaired) electrons. The lowest BCUT2D eigenvalue weighted by atomic mass is 9.74. The second kappa shape index (κ2) is 9.39. The Kier molecular flexibility index (Phi) is 7.39. The van der Waals surface area contributed by atoms with E-state index in [9.17, 15) is 14.9 Å². The van der Waals surface area contributed by atoms with E-state index in [4.69, 9.17) is 0 Å². The summed E-state index contributed by atoms with van der Waals surface area (Å²) in [5.74, 6) is 0. The number of nitrogens with zero attached hydrogens (tertiary/aromatic N) is 3. The fraction of sp³-hybridized carbons (Fsp3) is 0.438. The number of benzene rings is 1. The molecule has 1 aromatic carbocycles. The topological polar surface area (TPSA) is 82.7 Å². The number of carbonyl (C=O) groups excluding carboxylic acids is 2. The lowest BCUT2D eigenvalue weighted by Gasteiger charge is -2.26. The molecule has 0 aliphatic carbocycles. The van der Waals surface area contributed by atoms with E-state index in [-0.39, 0.29) is 0 Å². The lowest BCUT2D eigenvalue weighted by molar-refractivity contribution is 0.440. The highest BCUT2D eigenvalue weighted by atomic mass is 16.1. The minimum absolute atomic E-state index is 0.367. The van der Waals surface area contributed by atoms with Crippen molar-refractivity contribution in [2.24, 2.45) is 9.98 Å². The number of hydrogen-bond donors (Lipinski definition) is 0. The Morgan fingerprint density at radius 3 is 1.90 bits per heavy atom. The SMILES string of the molecule is N#CC(CCCN=C=O)(CCCN=C=O)c1ccccc1. The van der Waals surface area contributed by atoms with Gasteiger partial charge in [0.15, 0.2) is 0 Å². The molecule has 0 bridgehead atoms. The second-order valence-electron chi connectivity index (χ2n) is 4.71. The second-order valence-corrected chi connectivity index (χ2v) is 4.71. The van der Waals surface area contributed by atoms with E-state index >= 15 is 0 Å². The number of nitriles is 1. The van der Waals surface area contributed by atoms with Crippen LogP contribution in [0.4, 0.5) is 0 Å². The third kappa shape index (κ3) is 5.16. The normalized spacial score (nSPS) is 12.3. The van der Waals surface area contributed by atoms with Crippen molar-refractivity contribution in [3.05, 3.63) is 35.9 Å². The van der Waals surface area contributed by atoms with Crippen LogP contribution in [0.1, 0.15) is 31.2 Å². The van der Waals surface area contributed by atoms with Crippen LogP contribution in [0.5, 0.6) is 0 Å². The van der Waals surface area contributed by atoms with Crippen LogP contribution in [0, 0.1) is 11.3 Å². The predicted octanol–water partition coefficient (Wildman–Crippen LogP) is 2.68. The maximum Gasteiger partial charge on any atom is 0.234 e. The van der Waals surface area contributed by atoms with Crippen molar-refractivity contribution in [3.63, 3.8) is 0 Å². The van der Waals surface area contributed by atoms with E-state index in [0.717, 1.165) is 5.56 Å². The van der Waals surface area contributed by atoms with Crippen LogP contribution < -0.4 is 0 Å². The first-order chi connectivity index (χ1) is 10.3. The molecule has 0 spiro atoms. The molecule has 5 nitrogen and oxygen atoms in total. The van der Waals surface area contributed by atoms with Crippen molar-refractivity contribution in [1.82, 2.24) is 0 Å². The summed E-state index contributed by atoms with van der Waals surface area (Å²) < 4.78 is 0. The minimum atomic E-state index is -0.641. The summed E-state index contributed by atoms with van der Waals surface area (Å²) in [6.45, 7) is 0.735. The van der Waals surface area contributed by atoms with Gasteiger partial charge in [0.1, 0.15) is 0 Å². The standard InChI is InChI=1S/C16H17N3O2/c17-12-16(8-4-10-18-13-20,9-5-11-19-14-21)15-6-2-1-3-7-15/h1-3,6-7H,4-5,8-11H2. The van der Waals surface area contributed by atoms with Crippen molar-refractivity contribution >= 4 is 12.2 Å². The zero-order valence-corrected chi connectivity index (χ0v) is 11.8. The van der Waals surface area contributed by atoms with Gasteiger partial charge in [-0.25, -0.2) is 19.6 Å². The summed E-state index contributed by atoms with van der Waals surface area (Å²) in [7, 11) is 0.